The minimum Gasteiger partial charge on any atom is -0.504 e. The smallest absolute Gasteiger partial charge is 0.180 e. The van der Waals surface area contributed by atoms with Gasteiger partial charge in [-0.2, -0.15) is 0 Å². The third kappa shape index (κ3) is 1.65. The topological polar surface area (TPSA) is 37.5 Å². The van der Waals surface area contributed by atoms with E-state index in [1.165, 1.54) is 0 Å². The molecule has 3 nitrogen and oxygen atoms in total. The summed E-state index contributed by atoms with van der Waals surface area (Å²) in [5.74, 6) is 0.158. The van der Waals surface area contributed by atoms with Crippen LogP contribution in [0.5, 0.6) is 5.75 Å². The largest absolute Gasteiger partial charge is 0.504 e. The van der Waals surface area contributed by atoms with Crippen LogP contribution in [0.25, 0.3) is 16.9 Å². The van der Waals surface area contributed by atoms with Crippen molar-refractivity contribution in [2.24, 2.45) is 0 Å². The van der Waals surface area contributed by atoms with Crippen LogP contribution < -0.4 is 0 Å². The molecule has 0 saturated heterocycles. The molecule has 3 rings (SSSR count). The average Bonchev–Trinajstić information content (AvgIpc) is 2.75. The molecule has 84 valence electrons. The molecule has 0 bridgehead atoms. The normalized spacial score (nSPS) is 10.9. The Kier molecular flexibility index (Phi) is 2.27. The Morgan fingerprint density at radius 2 is 1.94 bits per heavy atom. The molecule has 0 radical (unpaired) electrons. The van der Waals surface area contributed by atoms with E-state index in [0.717, 1.165) is 11.3 Å². The predicted molar refractivity (Wildman–Crippen MR) is 67.3 cm³/mol. The first-order chi connectivity index (χ1) is 8.25. The Hall–Kier alpha value is -2.00. The quantitative estimate of drug-likeness (QED) is 0.713. The number of hydrogen-bond donors (Lipinski definition) is 1. The Labute approximate surface area is 103 Å². The summed E-state index contributed by atoms with van der Waals surface area (Å²) < 4.78 is 1.77. The molecule has 4 heteroatoms. The van der Waals surface area contributed by atoms with Crippen molar-refractivity contribution in [3.63, 3.8) is 0 Å². The van der Waals surface area contributed by atoms with E-state index in [1.807, 2.05) is 36.7 Å². The second kappa shape index (κ2) is 3.79. The fraction of sp³-hybridized carbons (Fsp3) is 0. The molecule has 17 heavy (non-hydrogen) atoms. The van der Waals surface area contributed by atoms with Crippen molar-refractivity contribution < 1.29 is 5.11 Å². The van der Waals surface area contributed by atoms with E-state index in [2.05, 4.69) is 4.98 Å². The lowest BCUT2D eigenvalue weighted by molar-refractivity contribution is 0.477. The van der Waals surface area contributed by atoms with Gasteiger partial charge in [0, 0.05) is 18.0 Å². The molecule has 0 spiro atoms. The summed E-state index contributed by atoms with van der Waals surface area (Å²) in [5.41, 5.74) is 2.14. The molecule has 0 amide bonds. The number of benzene rings is 1. The van der Waals surface area contributed by atoms with Gasteiger partial charge < -0.3 is 9.51 Å². The molecular weight excluding hydrogens is 236 g/mol. The fourth-order valence-electron chi connectivity index (χ4n) is 1.80. The third-order valence-corrected chi connectivity index (χ3v) is 2.94. The molecule has 0 unspecified atom stereocenters. The maximum absolute atomic E-state index is 9.68. The van der Waals surface area contributed by atoms with Gasteiger partial charge in [0.1, 0.15) is 0 Å². The summed E-state index contributed by atoms with van der Waals surface area (Å²) in [6, 6.07) is 10.9. The van der Waals surface area contributed by atoms with Gasteiger partial charge in [-0.15, -0.1) is 0 Å². The zero-order valence-corrected chi connectivity index (χ0v) is 9.59. The van der Waals surface area contributed by atoms with Crippen LogP contribution in [0.15, 0.2) is 48.8 Å². The molecule has 0 fully saturated rings. The molecular formula is C13H9ClN2O. The van der Waals surface area contributed by atoms with Gasteiger partial charge in [0.15, 0.2) is 11.4 Å². The van der Waals surface area contributed by atoms with Crippen LogP contribution in [0, 0.1) is 0 Å². The highest BCUT2D eigenvalue weighted by Gasteiger charge is 2.09. The average molecular weight is 245 g/mol. The fourth-order valence-corrected chi connectivity index (χ4v) is 2.03. The van der Waals surface area contributed by atoms with Gasteiger partial charge in [0.2, 0.25) is 0 Å². The van der Waals surface area contributed by atoms with E-state index in [0.29, 0.717) is 10.7 Å². The number of hydrogen-bond acceptors (Lipinski definition) is 2. The first-order valence-electron chi connectivity index (χ1n) is 5.17. The van der Waals surface area contributed by atoms with Gasteiger partial charge in [-0.05, 0) is 18.2 Å². The van der Waals surface area contributed by atoms with Gasteiger partial charge >= 0.3 is 0 Å². The lowest BCUT2D eigenvalue weighted by Gasteiger charge is -1.97. The molecule has 0 aliphatic rings. The second-order valence-electron chi connectivity index (χ2n) is 3.73. The van der Waals surface area contributed by atoms with Gasteiger partial charge in [-0.1, -0.05) is 29.8 Å². The van der Waals surface area contributed by atoms with Gasteiger partial charge in [-0.3, -0.25) is 0 Å². The van der Waals surface area contributed by atoms with Crippen LogP contribution in [0.4, 0.5) is 0 Å². The van der Waals surface area contributed by atoms with Crippen molar-refractivity contribution in [1.82, 2.24) is 9.38 Å². The Morgan fingerprint density at radius 1 is 1.12 bits per heavy atom. The number of pyridine rings is 1. The second-order valence-corrected chi connectivity index (χ2v) is 4.14. The monoisotopic (exact) mass is 244 g/mol. The van der Waals surface area contributed by atoms with Crippen LogP contribution >= 0.6 is 11.6 Å². The number of aromatic nitrogens is 2. The number of fused-ring (bicyclic) bond motifs is 1. The van der Waals surface area contributed by atoms with Crippen LogP contribution in [-0.2, 0) is 0 Å². The van der Waals surface area contributed by atoms with Crippen molar-refractivity contribution in [2.45, 2.75) is 0 Å². The van der Waals surface area contributed by atoms with Crippen molar-refractivity contribution in [2.75, 3.05) is 0 Å². The van der Waals surface area contributed by atoms with E-state index in [4.69, 9.17) is 11.6 Å². The lowest BCUT2D eigenvalue weighted by atomic mass is 10.2. The highest BCUT2D eigenvalue weighted by Crippen LogP contribution is 2.28. The van der Waals surface area contributed by atoms with E-state index < -0.39 is 0 Å². The van der Waals surface area contributed by atoms with E-state index in [9.17, 15) is 5.11 Å². The maximum atomic E-state index is 9.68. The number of halogens is 1. The number of rotatable bonds is 1. The lowest BCUT2D eigenvalue weighted by Crippen LogP contribution is -1.80. The molecule has 0 atom stereocenters. The van der Waals surface area contributed by atoms with Gasteiger partial charge in [0.25, 0.3) is 0 Å². The minimum absolute atomic E-state index is 0.158. The molecule has 1 aromatic carbocycles. The molecule has 2 aromatic heterocycles. The van der Waals surface area contributed by atoms with E-state index in [1.54, 1.807) is 16.5 Å². The summed E-state index contributed by atoms with van der Waals surface area (Å²) in [4.78, 5) is 4.37. The van der Waals surface area contributed by atoms with Crippen molar-refractivity contribution in [3.8, 4) is 17.0 Å². The van der Waals surface area contributed by atoms with Crippen LogP contribution in [0.2, 0.25) is 5.02 Å². The highest BCUT2D eigenvalue weighted by atomic mass is 35.5. The Morgan fingerprint density at radius 3 is 2.71 bits per heavy atom. The van der Waals surface area contributed by atoms with Crippen molar-refractivity contribution >= 4 is 17.2 Å². The molecule has 0 aliphatic heterocycles. The zero-order valence-electron chi connectivity index (χ0n) is 8.84. The SMILES string of the molecule is Oc1cccn2cc(-c3ccccc3Cl)nc12. The van der Waals surface area contributed by atoms with Crippen LogP contribution in [-0.4, -0.2) is 14.5 Å². The van der Waals surface area contributed by atoms with Gasteiger partial charge in [0.05, 0.1) is 10.7 Å². The summed E-state index contributed by atoms with van der Waals surface area (Å²) in [7, 11) is 0. The van der Waals surface area contributed by atoms with Crippen molar-refractivity contribution in [3.05, 3.63) is 53.8 Å². The Balaban J connectivity index is 2.26. The first-order valence-corrected chi connectivity index (χ1v) is 5.55. The standard InChI is InChI=1S/C13H9ClN2O/c14-10-5-2-1-4-9(10)11-8-16-7-3-6-12(17)13(16)15-11/h1-8,17H. The molecule has 0 aliphatic carbocycles. The van der Waals surface area contributed by atoms with E-state index in [-0.39, 0.29) is 5.75 Å². The van der Waals surface area contributed by atoms with E-state index >= 15 is 0 Å². The number of nitrogens with zero attached hydrogens (tertiary/aromatic N) is 2. The molecule has 3 aromatic rings. The molecule has 1 N–H and O–H groups in total. The zero-order chi connectivity index (χ0) is 11.8. The summed E-state index contributed by atoms with van der Waals surface area (Å²) >= 11 is 6.11. The molecule has 2 heterocycles. The Bertz CT molecular complexity index is 691. The van der Waals surface area contributed by atoms with Gasteiger partial charge in [-0.25, -0.2) is 4.98 Å². The number of imidazole rings is 1. The third-order valence-electron chi connectivity index (χ3n) is 2.61. The van der Waals surface area contributed by atoms with Crippen LogP contribution in [0.1, 0.15) is 0 Å². The summed E-state index contributed by atoms with van der Waals surface area (Å²) in [6.45, 7) is 0. The minimum atomic E-state index is 0.158. The maximum Gasteiger partial charge on any atom is 0.180 e. The number of aromatic hydroxyl groups is 1. The first kappa shape index (κ1) is 10.2. The predicted octanol–water partition coefficient (Wildman–Crippen LogP) is 3.36. The highest BCUT2D eigenvalue weighted by molar-refractivity contribution is 6.33. The molecule has 0 saturated carbocycles. The van der Waals surface area contributed by atoms with Crippen LogP contribution in [0.3, 0.4) is 0 Å². The summed E-state index contributed by atoms with van der Waals surface area (Å²) in [5, 5.41) is 10.3. The van der Waals surface area contributed by atoms with Crippen molar-refractivity contribution in [1.29, 1.82) is 0 Å². The summed E-state index contributed by atoms with van der Waals surface area (Å²) in [6.07, 6.45) is 3.68.